The Labute approximate surface area is 102 Å². The molecule has 0 radical (unpaired) electrons. The first-order valence-corrected chi connectivity index (χ1v) is 7.04. The monoisotopic (exact) mass is 245 g/mol. The molecule has 0 saturated carbocycles. The Morgan fingerprint density at radius 3 is 2.69 bits per heavy atom. The molecule has 1 rings (SSSR count). The van der Waals surface area contributed by atoms with E-state index in [-0.39, 0.29) is 23.3 Å². The van der Waals surface area contributed by atoms with Crippen LogP contribution in [0.25, 0.3) is 0 Å². The second-order valence-corrected chi connectivity index (χ2v) is 6.62. The molecular formula is C12H23NO2S. The van der Waals surface area contributed by atoms with Crippen molar-refractivity contribution >= 4 is 17.7 Å². The summed E-state index contributed by atoms with van der Waals surface area (Å²) in [5, 5.41) is 12.1. The summed E-state index contributed by atoms with van der Waals surface area (Å²) in [5.74, 6) is 1.59. The second-order valence-electron chi connectivity index (χ2n) is 5.02. The minimum absolute atomic E-state index is 0.0931. The third kappa shape index (κ3) is 3.39. The molecule has 1 amide bonds. The molecular weight excluding hydrogens is 222 g/mol. The number of carbonyl (C=O) groups is 1. The lowest BCUT2D eigenvalue weighted by Crippen LogP contribution is -2.47. The lowest BCUT2D eigenvalue weighted by Gasteiger charge is -2.28. The topological polar surface area (TPSA) is 49.3 Å². The van der Waals surface area contributed by atoms with Gasteiger partial charge < -0.3 is 10.4 Å². The van der Waals surface area contributed by atoms with Crippen molar-refractivity contribution in [3.63, 3.8) is 0 Å². The van der Waals surface area contributed by atoms with Crippen molar-refractivity contribution < 1.29 is 9.90 Å². The summed E-state index contributed by atoms with van der Waals surface area (Å²) in [6, 6.07) is 0.0931. The van der Waals surface area contributed by atoms with E-state index in [2.05, 4.69) is 19.2 Å². The second kappa shape index (κ2) is 5.92. The van der Waals surface area contributed by atoms with Gasteiger partial charge in [-0.05, 0) is 37.9 Å². The Hall–Kier alpha value is -0.220. The molecule has 1 aliphatic rings. The SMILES string of the molecule is CC(C)C(CCO)NC(=O)C1(C)CCCS1. The Morgan fingerprint density at radius 1 is 1.56 bits per heavy atom. The Bertz CT molecular complexity index is 237. The van der Waals surface area contributed by atoms with Crippen LogP contribution >= 0.6 is 11.8 Å². The third-order valence-electron chi connectivity index (χ3n) is 3.26. The first kappa shape index (κ1) is 13.8. The van der Waals surface area contributed by atoms with E-state index in [0.717, 1.165) is 18.6 Å². The van der Waals surface area contributed by atoms with Crippen LogP contribution < -0.4 is 5.32 Å². The fourth-order valence-electron chi connectivity index (χ4n) is 1.99. The zero-order valence-electron chi connectivity index (χ0n) is 10.5. The summed E-state index contributed by atoms with van der Waals surface area (Å²) in [6.45, 7) is 6.30. The first-order chi connectivity index (χ1) is 7.49. The average Bonchev–Trinajstić information content (AvgIpc) is 2.65. The average molecular weight is 245 g/mol. The van der Waals surface area contributed by atoms with Gasteiger partial charge in [-0.1, -0.05) is 13.8 Å². The minimum atomic E-state index is -0.247. The summed E-state index contributed by atoms with van der Waals surface area (Å²) < 4.78 is -0.247. The van der Waals surface area contributed by atoms with Crippen molar-refractivity contribution in [1.29, 1.82) is 0 Å². The Morgan fingerprint density at radius 2 is 2.25 bits per heavy atom. The van der Waals surface area contributed by atoms with Gasteiger partial charge in [-0.3, -0.25) is 4.79 Å². The van der Waals surface area contributed by atoms with Gasteiger partial charge in [0, 0.05) is 12.6 Å². The molecule has 2 N–H and O–H groups in total. The van der Waals surface area contributed by atoms with Gasteiger partial charge in [0.15, 0.2) is 0 Å². The molecule has 0 aromatic carbocycles. The van der Waals surface area contributed by atoms with Crippen LogP contribution in [-0.4, -0.2) is 34.2 Å². The predicted octanol–water partition coefficient (Wildman–Crippen LogP) is 1.80. The maximum atomic E-state index is 12.1. The van der Waals surface area contributed by atoms with Gasteiger partial charge in [-0.25, -0.2) is 0 Å². The van der Waals surface area contributed by atoms with Crippen LogP contribution in [0.3, 0.4) is 0 Å². The molecule has 2 atom stereocenters. The van der Waals surface area contributed by atoms with E-state index < -0.39 is 0 Å². The van der Waals surface area contributed by atoms with Gasteiger partial charge in [0.05, 0.1) is 4.75 Å². The van der Waals surface area contributed by atoms with E-state index in [1.165, 1.54) is 0 Å². The molecule has 0 spiro atoms. The Kier molecular flexibility index (Phi) is 5.12. The fourth-order valence-corrected chi connectivity index (χ4v) is 3.21. The summed E-state index contributed by atoms with van der Waals surface area (Å²) in [5.41, 5.74) is 0. The lowest BCUT2D eigenvalue weighted by molar-refractivity contribution is -0.124. The molecule has 94 valence electrons. The number of aliphatic hydroxyl groups is 1. The molecule has 1 aliphatic heterocycles. The van der Waals surface area contributed by atoms with Crippen LogP contribution in [0.2, 0.25) is 0 Å². The van der Waals surface area contributed by atoms with Crippen LogP contribution in [0.15, 0.2) is 0 Å². The highest BCUT2D eigenvalue weighted by atomic mass is 32.2. The van der Waals surface area contributed by atoms with Crippen molar-refractivity contribution in [3.05, 3.63) is 0 Å². The maximum absolute atomic E-state index is 12.1. The van der Waals surface area contributed by atoms with Crippen LogP contribution in [0, 0.1) is 5.92 Å². The van der Waals surface area contributed by atoms with Crippen LogP contribution in [-0.2, 0) is 4.79 Å². The molecule has 3 nitrogen and oxygen atoms in total. The third-order valence-corrected chi connectivity index (χ3v) is 4.78. The minimum Gasteiger partial charge on any atom is -0.396 e. The van der Waals surface area contributed by atoms with Gasteiger partial charge >= 0.3 is 0 Å². The highest BCUT2D eigenvalue weighted by Crippen LogP contribution is 2.38. The van der Waals surface area contributed by atoms with Gasteiger partial charge in [-0.15, -0.1) is 11.8 Å². The maximum Gasteiger partial charge on any atom is 0.236 e. The van der Waals surface area contributed by atoms with Crippen molar-refractivity contribution in [2.24, 2.45) is 5.92 Å². The molecule has 1 saturated heterocycles. The molecule has 16 heavy (non-hydrogen) atoms. The molecule has 1 fully saturated rings. The molecule has 4 heteroatoms. The lowest BCUT2D eigenvalue weighted by atomic mass is 9.98. The van der Waals surface area contributed by atoms with E-state index >= 15 is 0 Å². The highest BCUT2D eigenvalue weighted by Gasteiger charge is 2.38. The zero-order chi connectivity index (χ0) is 12.2. The normalized spacial score (nSPS) is 27.1. The van der Waals surface area contributed by atoms with Gasteiger partial charge in [0.1, 0.15) is 0 Å². The van der Waals surface area contributed by atoms with Crippen LogP contribution in [0.4, 0.5) is 0 Å². The highest BCUT2D eigenvalue weighted by molar-refractivity contribution is 8.01. The van der Waals surface area contributed by atoms with E-state index in [1.54, 1.807) is 11.8 Å². The summed E-state index contributed by atoms with van der Waals surface area (Å²) in [6.07, 6.45) is 2.73. The first-order valence-electron chi connectivity index (χ1n) is 6.05. The van der Waals surface area contributed by atoms with Crippen LogP contribution in [0.5, 0.6) is 0 Å². The largest absolute Gasteiger partial charge is 0.396 e. The molecule has 1 heterocycles. The van der Waals surface area contributed by atoms with Crippen molar-refractivity contribution in [1.82, 2.24) is 5.32 Å². The van der Waals surface area contributed by atoms with E-state index in [9.17, 15) is 4.79 Å². The summed E-state index contributed by atoms with van der Waals surface area (Å²) in [7, 11) is 0. The predicted molar refractivity (Wildman–Crippen MR) is 68.6 cm³/mol. The standard InChI is InChI=1S/C12H23NO2S/c1-9(2)10(5-7-14)13-11(15)12(3)6-4-8-16-12/h9-10,14H,4-8H2,1-3H3,(H,13,15). The Balaban J connectivity index is 2.53. The number of rotatable bonds is 5. The molecule has 0 bridgehead atoms. The van der Waals surface area contributed by atoms with Crippen LogP contribution in [0.1, 0.15) is 40.0 Å². The van der Waals surface area contributed by atoms with Crippen molar-refractivity contribution in [2.75, 3.05) is 12.4 Å². The van der Waals surface area contributed by atoms with E-state index in [1.807, 2.05) is 6.92 Å². The van der Waals surface area contributed by atoms with E-state index in [0.29, 0.717) is 12.3 Å². The van der Waals surface area contributed by atoms with Gasteiger partial charge in [0.25, 0.3) is 0 Å². The molecule has 0 aliphatic carbocycles. The number of aliphatic hydroxyl groups excluding tert-OH is 1. The quantitative estimate of drug-likeness (QED) is 0.776. The number of amides is 1. The molecule has 0 aromatic heterocycles. The number of hydrogen-bond acceptors (Lipinski definition) is 3. The number of thioether (sulfide) groups is 1. The fraction of sp³-hybridized carbons (Fsp3) is 0.917. The molecule has 2 unspecified atom stereocenters. The zero-order valence-corrected chi connectivity index (χ0v) is 11.3. The number of nitrogens with one attached hydrogen (secondary N) is 1. The number of hydrogen-bond donors (Lipinski definition) is 2. The van der Waals surface area contributed by atoms with Gasteiger partial charge in [-0.2, -0.15) is 0 Å². The number of carbonyl (C=O) groups excluding carboxylic acids is 1. The summed E-state index contributed by atoms with van der Waals surface area (Å²) in [4.78, 5) is 12.1. The molecule has 0 aromatic rings. The summed E-state index contributed by atoms with van der Waals surface area (Å²) >= 11 is 1.75. The van der Waals surface area contributed by atoms with E-state index in [4.69, 9.17) is 5.11 Å². The van der Waals surface area contributed by atoms with Crippen molar-refractivity contribution in [2.45, 2.75) is 50.8 Å². The smallest absolute Gasteiger partial charge is 0.236 e. The van der Waals surface area contributed by atoms with Crippen molar-refractivity contribution in [3.8, 4) is 0 Å². The van der Waals surface area contributed by atoms with Gasteiger partial charge in [0.2, 0.25) is 5.91 Å².